The zero-order chi connectivity index (χ0) is 12.5. The van der Waals surface area contributed by atoms with Crippen LogP contribution in [0.3, 0.4) is 0 Å². The minimum Gasteiger partial charge on any atom is -0.481 e. The standard InChI is InChI=1S/C11H17N3O3/c1-3-11(10(15)16)4-5-14(7-11)6-9-8(2)12-17-13-9/h3-7H2,1-2H3,(H,15,16). The van der Waals surface area contributed by atoms with Crippen molar-refractivity contribution in [2.24, 2.45) is 5.41 Å². The molecule has 17 heavy (non-hydrogen) atoms. The Morgan fingerprint density at radius 2 is 2.35 bits per heavy atom. The van der Waals surface area contributed by atoms with Crippen LogP contribution in [0.15, 0.2) is 4.63 Å². The molecule has 0 radical (unpaired) electrons. The summed E-state index contributed by atoms with van der Waals surface area (Å²) >= 11 is 0. The molecule has 94 valence electrons. The average Bonchev–Trinajstić information content (AvgIpc) is 2.88. The van der Waals surface area contributed by atoms with Crippen LogP contribution < -0.4 is 0 Å². The van der Waals surface area contributed by atoms with Gasteiger partial charge in [0.2, 0.25) is 0 Å². The van der Waals surface area contributed by atoms with E-state index in [2.05, 4.69) is 19.8 Å². The van der Waals surface area contributed by atoms with E-state index in [9.17, 15) is 9.90 Å². The molecule has 1 aliphatic heterocycles. The summed E-state index contributed by atoms with van der Waals surface area (Å²) in [6.45, 7) is 5.74. The van der Waals surface area contributed by atoms with Crippen LogP contribution in [-0.4, -0.2) is 39.4 Å². The maximum absolute atomic E-state index is 11.3. The summed E-state index contributed by atoms with van der Waals surface area (Å²) in [4.78, 5) is 13.4. The van der Waals surface area contributed by atoms with Crippen molar-refractivity contribution < 1.29 is 14.5 Å². The summed E-state index contributed by atoms with van der Waals surface area (Å²) in [7, 11) is 0. The molecule has 1 aromatic rings. The topological polar surface area (TPSA) is 79.5 Å². The molecule has 6 nitrogen and oxygen atoms in total. The van der Waals surface area contributed by atoms with Crippen molar-refractivity contribution in [2.45, 2.75) is 33.2 Å². The number of hydrogen-bond donors (Lipinski definition) is 1. The summed E-state index contributed by atoms with van der Waals surface area (Å²) in [5, 5.41) is 16.8. The van der Waals surface area contributed by atoms with Gasteiger partial charge in [0.25, 0.3) is 0 Å². The number of carbonyl (C=O) groups is 1. The minimum absolute atomic E-state index is 0.575. The van der Waals surface area contributed by atoms with Gasteiger partial charge >= 0.3 is 5.97 Å². The van der Waals surface area contributed by atoms with Gasteiger partial charge in [-0.25, -0.2) is 4.63 Å². The van der Waals surface area contributed by atoms with E-state index >= 15 is 0 Å². The number of hydrogen-bond acceptors (Lipinski definition) is 5. The summed E-state index contributed by atoms with van der Waals surface area (Å²) in [6, 6.07) is 0. The van der Waals surface area contributed by atoms with Gasteiger partial charge in [-0.05, 0) is 26.3 Å². The highest BCUT2D eigenvalue weighted by molar-refractivity contribution is 5.75. The van der Waals surface area contributed by atoms with Crippen LogP contribution in [0, 0.1) is 12.3 Å². The largest absolute Gasteiger partial charge is 0.481 e. The molecule has 6 heteroatoms. The predicted molar refractivity (Wildman–Crippen MR) is 59.3 cm³/mol. The third kappa shape index (κ3) is 2.17. The fraction of sp³-hybridized carbons (Fsp3) is 0.727. The highest BCUT2D eigenvalue weighted by Gasteiger charge is 2.43. The van der Waals surface area contributed by atoms with Gasteiger partial charge in [0, 0.05) is 13.1 Å². The van der Waals surface area contributed by atoms with Crippen LogP contribution in [0.2, 0.25) is 0 Å². The first-order valence-corrected chi connectivity index (χ1v) is 5.81. The number of aryl methyl sites for hydroxylation is 1. The van der Waals surface area contributed by atoms with Crippen molar-refractivity contribution in [1.29, 1.82) is 0 Å². The minimum atomic E-state index is -0.697. The van der Waals surface area contributed by atoms with Crippen LogP contribution >= 0.6 is 0 Å². The summed E-state index contributed by atoms with van der Waals surface area (Å²) in [5.74, 6) is -0.697. The maximum Gasteiger partial charge on any atom is 0.310 e. The fourth-order valence-electron chi connectivity index (χ4n) is 2.31. The van der Waals surface area contributed by atoms with Crippen molar-refractivity contribution >= 4 is 5.97 Å². The second kappa shape index (κ2) is 4.44. The third-order valence-corrected chi connectivity index (χ3v) is 3.68. The second-order valence-electron chi connectivity index (χ2n) is 4.70. The lowest BCUT2D eigenvalue weighted by Crippen LogP contribution is -2.34. The molecular weight excluding hydrogens is 222 g/mol. The predicted octanol–water partition coefficient (Wildman–Crippen LogP) is 1.06. The first-order chi connectivity index (χ1) is 8.07. The Balaban J connectivity index is 2.03. The van der Waals surface area contributed by atoms with Crippen molar-refractivity contribution in [3.8, 4) is 0 Å². The average molecular weight is 239 g/mol. The monoisotopic (exact) mass is 239 g/mol. The molecular formula is C11H17N3O3. The van der Waals surface area contributed by atoms with Gasteiger partial charge < -0.3 is 5.11 Å². The van der Waals surface area contributed by atoms with E-state index in [4.69, 9.17) is 0 Å². The van der Waals surface area contributed by atoms with Gasteiger partial charge in [-0.3, -0.25) is 9.69 Å². The highest BCUT2D eigenvalue weighted by atomic mass is 16.6. The number of aliphatic carboxylic acids is 1. The molecule has 0 aliphatic carbocycles. The molecule has 2 heterocycles. The smallest absolute Gasteiger partial charge is 0.310 e. The van der Waals surface area contributed by atoms with Crippen molar-refractivity contribution in [2.75, 3.05) is 13.1 Å². The third-order valence-electron chi connectivity index (χ3n) is 3.68. The first-order valence-electron chi connectivity index (χ1n) is 5.81. The normalized spacial score (nSPS) is 25.3. The summed E-state index contributed by atoms with van der Waals surface area (Å²) < 4.78 is 4.64. The molecule has 1 aromatic heterocycles. The van der Waals surface area contributed by atoms with E-state index in [-0.39, 0.29) is 0 Å². The van der Waals surface area contributed by atoms with Gasteiger partial charge in [-0.15, -0.1) is 0 Å². The fourth-order valence-corrected chi connectivity index (χ4v) is 2.31. The molecule has 0 bridgehead atoms. The van der Waals surface area contributed by atoms with Gasteiger partial charge in [-0.1, -0.05) is 17.2 Å². The lowest BCUT2D eigenvalue weighted by molar-refractivity contribution is -0.148. The van der Waals surface area contributed by atoms with Crippen LogP contribution in [0.5, 0.6) is 0 Å². The number of nitrogens with zero attached hydrogens (tertiary/aromatic N) is 3. The number of rotatable bonds is 4. The zero-order valence-corrected chi connectivity index (χ0v) is 10.1. The Morgan fingerprint density at radius 1 is 1.59 bits per heavy atom. The van der Waals surface area contributed by atoms with Crippen molar-refractivity contribution in [3.05, 3.63) is 11.4 Å². The maximum atomic E-state index is 11.3. The lowest BCUT2D eigenvalue weighted by atomic mass is 9.84. The Kier molecular flexibility index (Phi) is 3.15. The van der Waals surface area contributed by atoms with Crippen LogP contribution in [0.1, 0.15) is 31.2 Å². The van der Waals surface area contributed by atoms with E-state index in [0.717, 1.165) is 17.9 Å². The van der Waals surface area contributed by atoms with E-state index in [1.807, 2.05) is 13.8 Å². The van der Waals surface area contributed by atoms with Gasteiger partial charge in [-0.2, -0.15) is 0 Å². The quantitative estimate of drug-likeness (QED) is 0.846. The molecule has 1 fully saturated rings. The number of aromatic nitrogens is 2. The van der Waals surface area contributed by atoms with E-state index in [0.29, 0.717) is 25.9 Å². The lowest BCUT2D eigenvalue weighted by Gasteiger charge is -2.22. The summed E-state index contributed by atoms with van der Waals surface area (Å²) in [6.07, 6.45) is 1.36. The molecule has 1 N–H and O–H groups in total. The molecule has 0 amide bonds. The molecule has 1 unspecified atom stereocenters. The summed E-state index contributed by atoms with van der Waals surface area (Å²) in [5.41, 5.74) is 0.974. The van der Waals surface area contributed by atoms with Gasteiger partial charge in [0.1, 0.15) is 11.4 Å². The van der Waals surface area contributed by atoms with Gasteiger partial charge in [0.05, 0.1) is 5.41 Å². The van der Waals surface area contributed by atoms with Crippen LogP contribution in [0.4, 0.5) is 0 Å². The molecule has 0 saturated carbocycles. The SMILES string of the molecule is CCC1(C(=O)O)CCN(Cc2nonc2C)C1. The van der Waals surface area contributed by atoms with Crippen molar-refractivity contribution in [1.82, 2.24) is 15.2 Å². The van der Waals surface area contributed by atoms with E-state index < -0.39 is 11.4 Å². The second-order valence-corrected chi connectivity index (χ2v) is 4.70. The molecule has 1 saturated heterocycles. The van der Waals surface area contributed by atoms with Crippen LogP contribution in [-0.2, 0) is 11.3 Å². The van der Waals surface area contributed by atoms with Gasteiger partial charge in [0.15, 0.2) is 0 Å². The Morgan fingerprint density at radius 3 is 2.82 bits per heavy atom. The number of carboxylic acids is 1. The molecule has 0 aromatic carbocycles. The molecule has 0 spiro atoms. The zero-order valence-electron chi connectivity index (χ0n) is 10.1. The van der Waals surface area contributed by atoms with E-state index in [1.165, 1.54) is 0 Å². The Labute approximate surface area is 99.6 Å². The molecule has 1 atom stereocenters. The highest BCUT2D eigenvalue weighted by Crippen LogP contribution is 2.34. The number of likely N-dealkylation sites (tertiary alicyclic amines) is 1. The number of carboxylic acid groups (broad SMARTS) is 1. The Bertz CT molecular complexity index is 418. The Hall–Kier alpha value is -1.43. The molecule has 1 aliphatic rings. The van der Waals surface area contributed by atoms with Crippen molar-refractivity contribution in [3.63, 3.8) is 0 Å². The molecule has 2 rings (SSSR count). The first kappa shape index (κ1) is 12.0. The van der Waals surface area contributed by atoms with Crippen LogP contribution in [0.25, 0.3) is 0 Å². The van der Waals surface area contributed by atoms with E-state index in [1.54, 1.807) is 0 Å².